The fourth-order valence-corrected chi connectivity index (χ4v) is 2.79. The number of hydrogen-bond donors (Lipinski definition) is 0. The molecular formula is C15H14ClFOS. The Labute approximate surface area is 121 Å². The van der Waals surface area contributed by atoms with Crippen LogP contribution in [-0.4, -0.2) is 5.78 Å². The number of hydrogen-bond acceptors (Lipinski definition) is 2. The molecule has 2 rings (SSSR count). The van der Waals surface area contributed by atoms with E-state index in [9.17, 15) is 9.18 Å². The van der Waals surface area contributed by atoms with E-state index in [-0.39, 0.29) is 12.2 Å². The Morgan fingerprint density at radius 3 is 2.84 bits per heavy atom. The van der Waals surface area contributed by atoms with Crippen LogP contribution < -0.4 is 0 Å². The summed E-state index contributed by atoms with van der Waals surface area (Å²) in [5.74, 6) is -0.336. The van der Waals surface area contributed by atoms with Crippen molar-refractivity contribution in [3.8, 4) is 0 Å². The van der Waals surface area contributed by atoms with E-state index < -0.39 is 5.82 Å². The van der Waals surface area contributed by atoms with Gasteiger partial charge >= 0.3 is 0 Å². The smallest absolute Gasteiger partial charge is 0.137 e. The number of halogens is 2. The topological polar surface area (TPSA) is 17.1 Å². The van der Waals surface area contributed by atoms with Crippen LogP contribution in [0.15, 0.2) is 35.7 Å². The number of Topliss-reactive ketones (excluding diaryl/α,β-unsaturated/α-hetero) is 1. The van der Waals surface area contributed by atoms with Crippen molar-refractivity contribution < 1.29 is 9.18 Å². The molecule has 0 fully saturated rings. The molecule has 0 unspecified atom stereocenters. The minimum atomic E-state index is -0.404. The Hall–Kier alpha value is -1.19. The van der Waals surface area contributed by atoms with Crippen molar-refractivity contribution in [2.24, 2.45) is 0 Å². The summed E-state index contributed by atoms with van der Waals surface area (Å²) in [4.78, 5) is 13.1. The molecular weight excluding hydrogens is 283 g/mol. The van der Waals surface area contributed by atoms with E-state index in [1.165, 1.54) is 10.9 Å². The Balaban J connectivity index is 1.80. The molecule has 1 heterocycles. The SMILES string of the molecule is O=C(CCCc1cccs1)Cc1ccc(Cl)cc1F. The van der Waals surface area contributed by atoms with E-state index in [0.717, 1.165) is 12.8 Å². The molecule has 1 nitrogen and oxygen atoms in total. The highest BCUT2D eigenvalue weighted by Gasteiger charge is 2.09. The second-order valence-corrected chi connectivity index (χ2v) is 5.85. The standard InChI is InChI=1S/C15H14ClFOS/c16-12-7-6-11(15(17)10-12)9-13(18)3-1-4-14-5-2-8-19-14/h2,5-8,10H,1,3-4,9H2. The van der Waals surface area contributed by atoms with Gasteiger partial charge in [0.25, 0.3) is 0 Å². The third kappa shape index (κ3) is 4.44. The van der Waals surface area contributed by atoms with E-state index in [1.54, 1.807) is 23.5 Å². The molecule has 0 atom stereocenters. The maximum Gasteiger partial charge on any atom is 0.137 e. The Kier molecular flexibility index (Phi) is 5.11. The molecule has 0 saturated carbocycles. The first-order chi connectivity index (χ1) is 9.15. The van der Waals surface area contributed by atoms with Crippen LogP contribution >= 0.6 is 22.9 Å². The summed E-state index contributed by atoms with van der Waals surface area (Å²) in [6, 6.07) is 8.50. The molecule has 2 aromatic rings. The third-order valence-corrected chi connectivity index (χ3v) is 4.03. The number of carbonyl (C=O) groups is 1. The van der Waals surface area contributed by atoms with Crippen molar-refractivity contribution in [1.82, 2.24) is 0 Å². The van der Waals surface area contributed by atoms with Crippen molar-refractivity contribution in [2.45, 2.75) is 25.7 Å². The van der Waals surface area contributed by atoms with Gasteiger partial charge in [-0.05, 0) is 42.0 Å². The average Bonchev–Trinajstić information content (AvgIpc) is 2.86. The van der Waals surface area contributed by atoms with Gasteiger partial charge in [0.15, 0.2) is 0 Å². The Bertz CT molecular complexity index is 551. The van der Waals surface area contributed by atoms with Crippen LogP contribution in [0.3, 0.4) is 0 Å². The van der Waals surface area contributed by atoms with Gasteiger partial charge in [-0.3, -0.25) is 4.79 Å². The van der Waals surface area contributed by atoms with E-state index in [4.69, 9.17) is 11.6 Å². The normalized spacial score (nSPS) is 10.6. The van der Waals surface area contributed by atoms with Crippen molar-refractivity contribution in [3.05, 3.63) is 57.0 Å². The monoisotopic (exact) mass is 296 g/mol. The van der Waals surface area contributed by atoms with E-state index >= 15 is 0 Å². The van der Waals surface area contributed by atoms with Crippen molar-refractivity contribution >= 4 is 28.7 Å². The van der Waals surface area contributed by atoms with Gasteiger partial charge in [0, 0.05) is 22.7 Å². The molecule has 4 heteroatoms. The van der Waals surface area contributed by atoms with Crippen molar-refractivity contribution in [3.63, 3.8) is 0 Å². The highest BCUT2D eigenvalue weighted by molar-refractivity contribution is 7.09. The zero-order valence-electron chi connectivity index (χ0n) is 10.4. The zero-order valence-corrected chi connectivity index (χ0v) is 11.9. The van der Waals surface area contributed by atoms with E-state index in [2.05, 4.69) is 6.07 Å². The van der Waals surface area contributed by atoms with Crippen molar-refractivity contribution in [1.29, 1.82) is 0 Å². The molecule has 19 heavy (non-hydrogen) atoms. The predicted octanol–water partition coefficient (Wildman–Crippen LogP) is 4.68. The molecule has 0 aliphatic carbocycles. The van der Waals surface area contributed by atoms with Crippen LogP contribution in [0.25, 0.3) is 0 Å². The number of benzene rings is 1. The molecule has 0 amide bonds. The van der Waals surface area contributed by atoms with Gasteiger partial charge in [-0.2, -0.15) is 0 Å². The highest BCUT2D eigenvalue weighted by atomic mass is 35.5. The summed E-state index contributed by atoms with van der Waals surface area (Å²) in [7, 11) is 0. The van der Waals surface area contributed by atoms with Crippen LogP contribution in [0.2, 0.25) is 5.02 Å². The molecule has 0 N–H and O–H groups in total. The Morgan fingerprint density at radius 1 is 1.32 bits per heavy atom. The van der Waals surface area contributed by atoms with Crippen LogP contribution in [-0.2, 0) is 17.6 Å². The molecule has 0 bridgehead atoms. The van der Waals surface area contributed by atoms with Crippen LogP contribution in [0.4, 0.5) is 4.39 Å². The lowest BCUT2D eigenvalue weighted by Crippen LogP contribution is -2.04. The second kappa shape index (κ2) is 6.83. The van der Waals surface area contributed by atoms with Gasteiger partial charge in [-0.25, -0.2) is 4.39 Å². The molecule has 0 spiro atoms. The fourth-order valence-electron chi connectivity index (χ4n) is 1.88. The molecule has 0 aliphatic rings. The summed E-state index contributed by atoms with van der Waals surface area (Å²) < 4.78 is 13.5. The van der Waals surface area contributed by atoms with Gasteiger partial charge in [0.1, 0.15) is 11.6 Å². The Morgan fingerprint density at radius 2 is 2.16 bits per heavy atom. The third-order valence-electron chi connectivity index (χ3n) is 2.86. The van der Waals surface area contributed by atoms with E-state index in [1.807, 2.05) is 11.4 Å². The van der Waals surface area contributed by atoms with Gasteiger partial charge in [-0.1, -0.05) is 23.7 Å². The summed E-state index contributed by atoms with van der Waals surface area (Å²) in [5.41, 5.74) is 0.422. The quantitative estimate of drug-likeness (QED) is 0.757. The summed E-state index contributed by atoms with van der Waals surface area (Å²) in [6.07, 6.45) is 2.36. The zero-order chi connectivity index (χ0) is 13.7. The number of ketones is 1. The summed E-state index contributed by atoms with van der Waals surface area (Å²) in [5, 5.41) is 2.38. The van der Waals surface area contributed by atoms with Crippen LogP contribution in [0.5, 0.6) is 0 Å². The largest absolute Gasteiger partial charge is 0.299 e. The van der Waals surface area contributed by atoms with E-state index in [0.29, 0.717) is 17.0 Å². The second-order valence-electron chi connectivity index (χ2n) is 4.38. The van der Waals surface area contributed by atoms with Crippen LogP contribution in [0.1, 0.15) is 23.3 Å². The maximum atomic E-state index is 13.5. The van der Waals surface area contributed by atoms with Gasteiger partial charge in [-0.15, -0.1) is 11.3 Å². The minimum absolute atomic E-state index is 0.0674. The molecule has 1 aromatic carbocycles. The van der Waals surface area contributed by atoms with Crippen LogP contribution in [0, 0.1) is 5.82 Å². The van der Waals surface area contributed by atoms with Crippen molar-refractivity contribution in [2.75, 3.05) is 0 Å². The number of rotatable bonds is 6. The molecule has 0 saturated heterocycles. The summed E-state index contributed by atoms with van der Waals surface area (Å²) >= 11 is 7.37. The molecule has 1 aromatic heterocycles. The lowest BCUT2D eigenvalue weighted by molar-refractivity contribution is -0.118. The first-order valence-corrected chi connectivity index (χ1v) is 7.39. The highest BCUT2D eigenvalue weighted by Crippen LogP contribution is 2.17. The maximum absolute atomic E-state index is 13.5. The number of carbonyl (C=O) groups excluding carboxylic acids is 1. The first kappa shape index (κ1) is 14.2. The lowest BCUT2D eigenvalue weighted by Gasteiger charge is -2.03. The molecule has 0 radical (unpaired) electrons. The fraction of sp³-hybridized carbons (Fsp3) is 0.267. The number of thiophene rings is 1. The lowest BCUT2D eigenvalue weighted by atomic mass is 10.0. The van der Waals surface area contributed by atoms with Gasteiger partial charge < -0.3 is 0 Å². The average molecular weight is 297 g/mol. The van der Waals surface area contributed by atoms with Gasteiger partial charge in [0.2, 0.25) is 0 Å². The summed E-state index contributed by atoms with van der Waals surface area (Å²) in [6.45, 7) is 0. The molecule has 0 aliphatic heterocycles. The predicted molar refractivity (Wildman–Crippen MR) is 77.4 cm³/mol. The molecule has 100 valence electrons. The first-order valence-electron chi connectivity index (χ1n) is 6.13. The number of aryl methyl sites for hydroxylation is 1. The van der Waals surface area contributed by atoms with Gasteiger partial charge in [0.05, 0.1) is 0 Å². The minimum Gasteiger partial charge on any atom is -0.299 e.